The minimum Gasteiger partial charge on any atom is -0.403 e. The maximum absolute atomic E-state index is 14.0. The van der Waals surface area contributed by atoms with Gasteiger partial charge in [-0.2, -0.15) is 13.2 Å². The monoisotopic (exact) mass is 496 g/mol. The van der Waals surface area contributed by atoms with E-state index in [2.05, 4.69) is 19.9 Å². The molecular weight excluding hydrogens is 478 g/mol. The molecule has 5 rings (SSSR count). The number of para-hydroxylation sites is 1. The molecule has 0 bridgehead atoms. The van der Waals surface area contributed by atoms with Gasteiger partial charge >= 0.3 is 12.5 Å². The van der Waals surface area contributed by atoms with Gasteiger partial charge in [-0.15, -0.1) is 23.4 Å². The number of nitrogens with zero attached hydrogens (tertiary/aromatic N) is 5. The molecule has 1 fully saturated rings. The predicted molar refractivity (Wildman–Crippen MR) is 113 cm³/mol. The second kappa shape index (κ2) is 8.34. The van der Waals surface area contributed by atoms with Crippen molar-refractivity contribution >= 4 is 16.6 Å². The van der Waals surface area contributed by atoms with Gasteiger partial charge in [0.15, 0.2) is 17.2 Å². The summed E-state index contributed by atoms with van der Waals surface area (Å²) in [6, 6.07) is 7.62. The van der Waals surface area contributed by atoms with E-state index in [4.69, 9.17) is 5.73 Å². The number of hydrogen-bond acceptors (Lipinski definition) is 6. The zero-order valence-electron chi connectivity index (χ0n) is 17.9. The molecule has 2 N–H and O–H groups in total. The van der Waals surface area contributed by atoms with Crippen LogP contribution in [0.5, 0.6) is 5.75 Å². The molecule has 1 saturated heterocycles. The van der Waals surface area contributed by atoms with Crippen molar-refractivity contribution < 1.29 is 31.1 Å². The fourth-order valence-electron chi connectivity index (χ4n) is 4.35. The van der Waals surface area contributed by atoms with Gasteiger partial charge in [0.2, 0.25) is 0 Å². The number of nitrogens with two attached hydrogens (primary N) is 1. The molecule has 1 aliphatic heterocycles. The van der Waals surface area contributed by atoms with Gasteiger partial charge in [-0.25, -0.2) is 4.98 Å². The van der Waals surface area contributed by atoms with Crippen LogP contribution in [-0.4, -0.2) is 56.2 Å². The quantitative estimate of drug-likeness (QED) is 0.420. The minimum absolute atomic E-state index is 0.0398. The molecule has 7 nitrogen and oxygen atoms in total. The third-order valence-corrected chi connectivity index (χ3v) is 5.81. The van der Waals surface area contributed by atoms with E-state index in [0.717, 1.165) is 6.07 Å². The van der Waals surface area contributed by atoms with Gasteiger partial charge in [-0.3, -0.25) is 9.30 Å². The smallest absolute Gasteiger partial charge is 0.403 e. The molecule has 35 heavy (non-hydrogen) atoms. The summed E-state index contributed by atoms with van der Waals surface area (Å²) in [5.74, 6) is -0.432. The summed E-state index contributed by atoms with van der Waals surface area (Å²) in [6.07, 6.45) is -7.75. The Hall–Kier alpha value is -3.45. The number of rotatable bonds is 4. The molecule has 0 aliphatic carbocycles. The molecule has 0 saturated carbocycles. The molecule has 3 aromatic heterocycles. The highest BCUT2D eigenvalue weighted by atomic mass is 19.4. The molecule has 184 valence electrons. The van der Waals surface area contributed by atoms with Crippen LogP contribution < -0.4 is 10.5 Å². The van der Waals surface area contributed by atoms with Crippen molar-refractivity contribution in [2.75, 3.05) is 13.1 Å². The van der Waals surface area contributed by atoms with Gasteiger partial charge in [0, 0.05) is 30.7 Å². The van der Waals surface area contributed by atoms with E-state index in [1.165, 1.54) is 45.8 Å². The van der Waals surface area contributed by atoms with Crippen molar-refractivity contribution in [1.82, 2.24) is 24.5 Å². The van der Waals surface area contributed by atoms with Crippen LogP contribution in [0.2, 0.25) is 0 Å². The number of aromatic nitrogens is 4. The van der Waals surface area contributed by atoms with Gasteiger partial charge in [0.25, 0.3) is 0 Å². The number of likely N-dealkylation sites (tertiary alicyclic amines) is 1. The molecule has 0 radical (unpaired) electrons. The largest absolute Gasteiger partial charge is 0.573 e. The van der Waals surface area contributed by atoms with Gasteiger partial charge in [-0.05, 0) is 30.2 Å². The Morgan fingerprint density at radius 1 is 1.00 bits per heavy atom. The number of ether oxygens (including phenoxy) is 1. The summed E-state index contributed by atoms with van der Waals surface area (Å²) in [5.41, 5.74) is 6.09. The SMILES string of the molecule is NC1CCN([C@H](c2ccc3nnc(-c4ccc5cccc(OC(F)(F)F)c5n4)n3c2)C(F)(F)F)C1. The average molecular weight is 496 g/mol. The number of fused-ring (bicyclic) bond motifs is 2. The van der Waals surface area contributed by atoms with Crippen molar-refractivity contribution in [2.45, 2.75) is 31.0 Å². The van der Waals surface area contributed by atoms with E-state index in [-0.39, 0.29) is 47.4 Å². The Morgan fingerprint density at radius 2 is 1.80 bits per heavy atom. The number of hydrogen-bond donors (Lipinski definition) is 1. The fraction of sp³-hybridized carbons (Fsp3) is 0.318. The summed E-state index contributed by atoms with van der Waals surface area (Å²) in [5, 5.41) is 8.38. The van der Waals surface area contributed by atoms with Crippen molar-refractivity contribution in [2.24, 2.45) is 5.73 Å². The first-order valence-corrected chi connectivity index (χ1v) is 10.6. The number of halogens is 6. The van der Waals surface area contributed by atoms with Crippen molar-refractivity contribution in [3.05, 3.63) is 54.2 Å². The molecule has 1 unspecified atom stereocenters. The van der Waals surface area contributed by atoms with Crippen LogP contribution in [0.15, 0.2) is 48.7 Å². The lowest BCUT2D eigenvalue weighted by Crippen LogP contribution is -2.38. The summed E-state index contributed by atoms with van der Waals surface area (Å²) in [4.78, 5) is 5.55. The van der Waals surface area contributed by atoms with Crippen LogP contribution in [0, 0.1) is 0 Å². The Labute approximate surface area is 194 Å². The summed E-state index contributed by atoms with van der Waals surface area (Å²) in [7, 11) is 0. The number of alkyl halides is 6. The van der Waals surface area contributed by atoms with Gasteiger partial charge in [-0.1, -0.05) is 24.3 Å². The molecule has 4 heterocycles. The lowest BCUT2D eigenvalue weighted by atomic mass is 10.1. The maximum atomic E-state index is 14.0. The molecule has 13 heteroatoms. The van der Waals surface area contributed by atoms with Gasteiger partial charge < -0.3 is 10.5 Å². The van der Waals surface area contributed by atoms with E-state index in [1.54, 1.807) is 6.07 Å². The first-order chi connectivity index (χ1) is 16.5. The lowest BCUT2D eigenvalue weighted by Gasteiger charge is -2.30. The van der Waals surface area contributed by atoms with E-state index in [1.807, 2.05) is 0 Å². The summed E-state index contributed by atoms with van der Waals surface area (Å²) in [6.45, 7) is 0.304. The third kappa shape index (κ3) is 4.60. The van der Waals surface area contributed by atoms with Crippen LogP contribution in [-0.2, 0) is 0 Å². The Morgan fingerprint density at radius 3 is 2.49 bits per heavy atom. The van der Waals surface area contributed by atoms with Gasteiger partial charge in [0.05, 0.1) is 0 Å². The highest BCUT2D eigenvalue weighted by Gasteiger charge is 2.46. The molecule has 1 aromatic carbocycles. The number of benzene rings is 1. The molecule has 0 amide bonds. The van der Waals surface area contributed by atoms with Gasteiger partial charge in [0.1, 0.15) is 17.3 Å². The molecule has 0 spiro atoms. The average Bonchev–Trinajstić information content (AvgIpc) is 3.38. The first-order valence-electron chi connectivity index (χ1n) is 10.6. The second-order valence-corrected chi connectivity index (χ2v) is 8.27. The molecule has 1 aliphatic rings. The fourth-order valence-corrected chi connectivity index (χ4v) is 4.35. The Balaban J connectivity index is 1.60. The second-order valence-electron chi connectivity index (χ2n) is 8.27. The van der Waals surface area contributed by atoms with E-state index >= 15 is 0 Å². The first kappa shape index (κ1) is 23.3. The standard InChI is InChI=1S/C22H18F6N6O/c23-21(24,25)19(33-9-8-14(29)11-33)13-5-7-17-31-32-20(34(17)10-13)15-6-4-12-2-1-3-16(18(12)30-15)35-22(26,27)28/h1-7,10,14,19H,8-9,11,29H2/t14?,19-/m1/s1. The number of pyridine rings is 2. The zero-order valence-corrected chi connectivity index (χ0v) is 17.9. The minimum atomic E-state index is -4.92. The van der Waals surface area contributed by atoms with Crippen LogP contribution in [0.1, 0.15) is 18.0 Å². The third-order valence-electron chi connectivity index (χ3n) is 5.81. The van der Waals surface area contributed by atoms with Crippen molar-refractivity contribution in [1.29, 1.82) is 0 Å². The topological polar surface area (TPSA) is 81.6 Å². The zero-order chi connectivity index (χ0) is 25.0. The lowest BCUT2D eigenvalue weighted by molar-refractivity contribution is -0.274. The maximum Gasteiger partial charge on any atom is 0.573 e. The Kier molecular flexibility index (Phi) is 5.55. The predicted octanol–water partition coefficient (Wildman–Crippen LogP) is 4.48. The van der Waals surface area contributed by atoms with E-state index in [0.29, 0.717) is 11.8 Å². The normalized spacial score (nSPS) is 18.4. The molecule has 2 atom stereocenters. The van der Waals surface area contributed by atoms with Crippen LogP contribution in [0.4, 0.5) is 26.3 Å². The summed E-state index contributed by atoms with van der Waals surface area (Å²) >= 11 is 0. The molecular formula is C22H18F6N6O. The highest BCUT2D eigenvalue weighted by Crippen LogP contribution is 2.39. The van der Waals surface area contributed by atoms with Crippen molar-refractivity contribution in [3.63, 3.8) is 0 Å². The van der Waals surface area contributed by atoms with E-state index < -0.39 is 24.3 Å². The van der Waals surface area contributed by atoms with E-state index in [9.17, 15) is 26.3 Å². The van der Waals surface area contributed by atoms with Crippen molar-refractivity contribution in [3.8, 4) is 17.3 Å². The highest BCUT2D eigenvalue weighted by molar-refractivity contribution is 5.86. The Bertz CT molecular complexity index is 1380. The van der Waals surface area contributed by atoms with Crippen LogP contribution in [0.25, 0.3) is 28.1 Å². The molecule has 4 aromatic rings. The van der Waals surface area contributed by atoms with Crippen LogP contribution in [0.3, 0.4) is 0 Å². The van der Waals surface area contributed by atoms with Crippen LogP contribution >= 0.6 is 0 Å². The summed E-state index contributed by atoms with van der Waals surface area (Å²) < 4.78 is 86.1.